The number of ether oxygens (including phenoxy) is 1. The summed E-state index contributed by atoms with van der Waals surface area (Å²) in [5.41, 5.74) is -0.464. The van der Waals surface area contributed by atoms with Gasteiger partial charge in [0.2, 0.25) is 0 Å². The van der Waals surface area contributed by atoms with Crippen molar-refractivity contribution in [3.05, 3.63) is 57.9 Å². The molecule has 176 valence electrons. The maximum Gasteiger partial charge on any atom is 0.433 e. The van der Waals surface area contributed by atoms with Crippen LogP contribution in [0.1, 0.15) is 50.3 Å². The topological polar surface area (TPSA) is 98.7 Å². The molecule has 0 aliphatic heterocycles. The lowest BCUT2D eigenvalue weighted by Crippen LogP contribution is -2.17. The lowest BCUT2D eigenvalue weighted by atomic mass is 10.1. The number of hydrogen-bond acceptors (Lipinski definition) is 7. The van der Waals surface area contributed by atoms with Gasteiger partial charge in [-0.25, -0.2) is 14.3 Å². The van der Waals surface area contributed by atoms with Crippen LogP contribution in [0.4, 0.5) is 18.2 Å². The second kappa shape index (κ2) is 8.28. The molecule has 1 amide bonds. The smallest absolute Gasteiger partial charge is 0.433 e. The molecule has 0 bridgehead atoms. The molecule has 8 nitrogen and oxygen atoms in total. The molecule has 1 aliphatic rings. The van der Waals surface area contributed by atoms with E-state index in [0.29, 0.717) is 21.5 Å². The SMILES string of the molecule is CCOC(=O)c1c(NC(=O)c2cc3nc(-c4ccco4)cc(C(F)(F)F)n3n2)sc2c1CCC2. The molecule has 5 rings (SSSR count). The maximum absolute atomic E-state index is 13.7. The molecule has 4 aromatic rings. The summed E-state index contributed by atoms with van der Waals surface area (Å²) in [6, 6.07) is 4.98. The number of furan rings is 1. The van der Waals surface area contributed by atoms with Gasteiger partial charge in [-0.2, -0.15) is 18.3 Å². The van der Waals surface area contributed by atoms with Gasteiger partial charge < -0.3 is 14.5 Å². The molecule has 0 atom stereocenters. The van der Waals surface area contributed by atoms with Gasteiger partial charge in [-0.05, 0) is 49.9 Å². The van der Waals surface area contributed by atoms with Gasteiger partial charge >= 0.3 is 12.1 Å². The molecule has 0 fully saturated rings. The van der Waals surface area contributed by atoms with Gasteiger partial charge in [-0.1, -0.05) is 0 Å². The summed E-state index contributed by atoms with van der Waals surface area (Å²) in [4.78, 5) is 30.6. The Bertz CT molecular complexity index is 1410. The monoisotopic (exact) mass is 490 g/mol. The lowest BCUT2D eigenvalue weighted by molar-refractivity contribution is -0.142. The number of hydrogen-bond donors (Lipinski definition) is 1. The fourth-order valence-electron chi connectivity index (χ4n) is 3.92. The predicted octanol–water partition coefficient (Wildman–Crippen LogP) is 4.99. The molecule has 1 N–H and O–H groups in total. The fourth-order valence-corrected chi connectivity index (χ4v) is 5.19. The number of nitrogens with zero attached hydrogens (tertiary/aromatic N) is 3. The number of carbonyl (C=O) groups excluding carboxylic acids is 2. The van der Waals surface area contributed by atoms with E-state index >= 15 is 0 Å². The van der Waals surface area contributed by atoms with E-state index in [2.05, 4.69) is 15.4 Å². The molecule has 0 unspecified atom stereocenters. The molecule has 0 saturated heterocycles. The summed E-state index contributed by atoms with van der Waals surface area (Å²) in [6.07, 6.45) is -1.06. The van der Waals surface area contributed by atoms with Crippen LogP contribution in [0.5, 0.6) is 0 Å². The van der Waals surface area contributed by atoms with Crippen molar-refractivity contribution in [3.8, 4) is 11.5 Å². The molecule has 34 heavy (non-hydrogen) atoms. The number of thiophene rings is 1. The number of rotatable bonds is 5. The number of alkyl halides is 3. The van der Waals surface area contributed by atoms with E-state index in [1.807, 2.05) is 0 Å². The Hall–Kier alpha value is -3.67. The van der Waals surface area contributed by atoms with Crippen LogP contribution in [0.25, 0.3) is 17.1 Å². The van der Waals surface area contributed by atoms with Crippen LogP contribution in [-0.4, -0.2) is 33.1 Å². The van der Waals surface area contributed by atoms with E-state index in [-0.39, 0.29) is 29.4 Å². The van der Waals surface area contributed by atoms with E-state index in [4.69, 9.17) is 9.15 Å². The number of fused-ring (bicyclic) bond motifs is 2. The fraction of sp³-hybridized carbons (Fsp3) is 0.273. The van der Waals surface area contributed by atoms with Crippen LogP contribution in [0.2, 0.25) is 0 Å². The number of anilines is 1. The van der Waals surface area contributed by atoms with Crippen LogP contribution in [-0.2, 0) is 23.8 Å². The number of aryl methyl sites for hydroxylation is 1. The first kappa shape index (κ1) is 22.1. The summed E-state index contributed by atoms with van der Waals surface area (Å²) < 4.78 is 52.1. The molecule has 0 radical (unpaired) electrons. The van der Waals surface area contributed by atoms with Crippen molar-refractivity contribution < 1.29 is 31.9 Å². The van der Waals surface area contributed by atoms with Crippen LogP contribution < -0.4 is 5.32 Å². The van der Waals surface area contributed by atoms with E-state index in [0.717, 1.165) is 35.4 Å². The molecule has 12 heteroatoms. The van der Waals surface area contributed by atoms with Gasteiger partial charge in [0, 0.05) is 10.9 Å². The Morgan fingerprint density at radius 2 is 2.12 bits per heavy atom. The lowest BCUT2D eigenvalue weighted by Gasteiger charge is -2.10. The average Bonchev–Trinajstić information content (AvgIpc) is 3.54. The van der Waals surface area contributed by atoms with Crippen molar-refractivity contribution in [2.75, 3.05) is 11.9 Å². The number of aromatic nitrogens is 3. The molecule has 1 aliphatic carbocycles. The summed E-state index contributed by atoms with van der Waals surface area (Å²) in [7, 11) is 0. The van der Waals surface area contributed by atoms with Crippen molar-refractivity contribution in [3.63, 3.8) is 0 Å². The van der Waals surface area contributed by atoms with Crippen LogP contribution in [0.3, 0.4) is 0 Å². The highest BCUT2D eigenvalue weighted by molar-refractivity contribution is 7.17. The van der Waals surface area contributed by atoms with E-state index in [9.17, 15) is 22.8 Å². The Balaban J connectivity index is 1.53. The normalized spacial score (nSPS) is 13.3. The van der Waals surface area contributed by atoms with Crippen LogP contribution >= 0.6 is 11.3 Å². The molecule has 0 spiro atoms. The number of nitrogens with one attached hydrogen (secondary N) is 1. The van der Waals surface area contributed by atoms with E-state index in [1.165, 1.54) is 29.7 Å². The minimum Gasteiger partial charge on any atom is -0.463 e. The number of esters is 1. The third-order valence-corrected chi connectivity index (χ3v) is 6.56. The Morgan fingerprint density at radius 3 is 2.82 bits per heavy atom. The van der Waals surface area contributed by atoms with Gasteiger partial charge in [0.15, 0.2) is 22.8 Å². The van der Waals surface area contributed by atoms with Crippen LogP contribution in [0, 0.1) is 0 Å². The zero-order valence-corrected chi connectivity index (χ0v) is 18.5. The number of halogens is 3. The molecular weight excluding hydrogens is 473 g/mol. The minimum atomic E-state index is -4.76. The third-order valence-electron chi connectivity index (χ3n) is 5.35. The second-order valence-electron chi connectivity index (χ2n) is 7.54. The van der Waals surface area contributed by atoms with E-state index in [1.54, 1.807) is 6.92 Å². The first-order chi connectivity index (χ1) is 16.3. The van der Waals surface area contributed by atoms with Crippen molar-refractivity contribution >= 4 is 33.9 Å². The standard InChI is InChI=1S/C22H17F3N4O4S/c1-2-32-21(31)18-11-5-3-7-15(11)34-20(18)27-19(30)13-10-17-26-12(14-6-4-8-33-14)9-16(22(23,24)25)29(17)28-13/h4,6,8-10H,2-3,5,7H2,1H3,(H,27,30). The highest BCUT2D eigenvalue weighted by atomic mass is 32.1. The Labute approximate surface area is 194 Å². The van der Waals surface area contributed by atoms with Crippen molar-refractivity contribution in [2.45, 2.75) is 32.4 Å². The summed E-state index contributed by atoms with van der Waals surface area (Å²) >= 11 is 1.27. The van der Waals surface area contributed by atoms with Gasteiger partial charge in [-0.15, -0.1) is 11.3 Å². The van der Waals surface area contributed by atoms with Gasteiger partial charge in [0.25, 0.3) is 5.91 Å². The molecule has 0 aromatic carbocycles. The average molecular weight is 490 g/mol. The summed E-state index contributed by atoms with van der Waals surface area (Å²) in [6.45, 7) is 1.86. The molecular formula is C22H17F3N4O4S. The molecule has 0 saturated carbocycles. The number of carbonyl (C=O) groups is 2. The van der Waals surface area contributed by atoms with Gasteiger partial charge in [0.05, 0.1) is 18.4 Å². The second-order valence-corrected chi connectivity index (χ2v) is 8.64. The first-order valence-electron chi connectivity index (χ1n) is 10.4. The highest BCUT2D eigenvalue weighted by Gasteiger charge is 2.36. The zero-order valence-electron chi connectivity index (χ0n) is 17.7. The van der Waals surface area contributed by atoms with Crippen molar-refractivity contribution in [1.82, 2.24) is 14.6 Å². The first-order valence-corrected chi connectivity index (χ1v) is 11.2. The zero-order chi connectivity index (χ0) is 24.0. The Kier molecular flexibility index (Phi) is 5.39. The molecule has 4 aromatic heterocycles. The van der Waals surface area contributed by atoms with Crippen molar-refractivity contribution in [2.24, 2.45) is 0 Å². The van der Waals surface area contributed by atoms with Crippen molar-refractivity contribution in [1.29, 1.82) is 0 Å². The number of amides is 1. The predicted molar refractivity (Wildman–Crippen MR) is 116 cm³/mol. The minimum absolute atomic E-state index is 0.0454. The quantitative estimate of drug-likeness (QED) is 0.396. The summed E-state index contributed by atoms with van der Waals surface area (Å²) in [5, 5.41) is 6.78. The Morgan fingerprint density at radius 1 is 1.29 bits per heavy atom. The van der Waals surface area contributed by atoms with Crippen LogP contribution in [0.15, 0.2) is 34.9 Å². The van der Waals surface area contributed by atoms with E-state index < -0.39 is 23.7 Å². The molecule has 4 heterocycles. The maximum atomic E-state index is 13.7. The van der Waals surface area contributed by atoms with Gasteiger partial charge in [-0.3, -0.25) is 4.79 Å². The summed E-state index contributed by atoms with van der Waals surface area (Å²) in [5.74, 6) is -1.16. The van der Waals surface area contributed by atoms with Gasteiger partial charge in [0.1, 0.15) is 10.7 Å². The largest absolute Gasteiger partial charge is 0.463 e. The third kappa shape index (κ3) is 3.83. The highest BCUT2D eigenvalue weighted by Crippen LogP contribution is 2.40.